The highest BCUT2D eigenvalue weighted by atomic mass is 16.5. The molecule has 5 heteroatoms. The molecule has 1 amide bonds. The molecule has 3 rings (SSSR count). The number of hydrogen-bond acceptors (Lipinski definition) is 3. The molecule has 0 unspecified atom stereocenters. The molecule has 0 fully saturated rings. The van der Waals surface area contributed by atoms with Crippen LogP contribution in [-0.2, 0) is 22.6 Å². The van der Waals surface area contributed by atoms with Crippen LogP contribution >= 0.6 is 0 Å². The predicted molar refractivity (Wildman–Crippen MR) is 95.5 cm³/mol. The van der Waals surface area contributed by atoms with E-state index in [1.807, 2.05) is 54.6 Å². The number of aliphatic carboxylic acids is 1. The maximum absolute atomic E-state index is 11.9. The van der Waals surface area contributed by atoms with E-state index in [1.165, 1.54) is 0 Å². The Labute approximate surface area is 144 Å². The second-order valence-corrected chi connectivity index (χ2v) is 5.65. The Morgan fingerprint density at radius 1 is 0.880 bits per heavy atom. The van der Waals surface area contributed by atoms with Crippen LogP contribution in [0.4, 0.5) is 10.5 Å². The van der Waals surface area contributed by atoms with E-state index in [-0.39, 0.29) is 13.0 Å². The van der Waals surface area contributed by atoms with Gasteiger partial charge in [0, 0.05) is 5.69 Å². The number of carbonyl (C=O) groups is 2. The normalized spacial score (nSPS) is 10.4. The van der Waals surface area contributed by atoms with Crippen molar-refractivity contribution in [3.63, 3.8) is 0 Å². The first-order valence-corrected chi connectivity index (χ1v) is 7.82. The van der Waals surface area contributed by atoms with E-state index in [2.05, 4.69) is 5.32 Å². The van der Waals surface area contributed by atoms with Crippen LogP contribution < -0.4 is 5.32 Å². The molecule has 0 saturated heterocycles. The topological polar surface area (TPSA) is 75.6 Å². The highest BCUT2D eigenvalue weighted by Crippen LogP contribution is 2.21. The molecular formula is C20H17NO4. The van der Waals surface area contributed by atoms with Gasteiger partial charge in [0.25, 0.3) is 0 Å². The zero-order valence-electron chi connectivity index (χ0n) is 13.4. The monoisotopic (exact) mass is 335 g/mol. The van der Waals surface area contributed by atoms with E-state index in [0.717, 1.165) is 21.9 Å². The number of ether oxygens (including phenoxy) is 1. The van der Waals surface area contributed by atoms with Crippen molar-refractivity contribution in [1.82, 2.24) is 0 Å². The summed E-state index contributed by atoms with van der Waals surface area (Å²) in [5.41, 5.74) is 2.28. The average molecular weight is 335 g/mol. The van der Waals surface area contributed by atoms with E-state index in [0.29, 0.717) is 5.69 Å². The van der Waals surface area contributed by atoms with Gasteiger partial charge in [0.05, 0.1) is 6.42 Å². The Kier molecular flexibility index (Phi) is 4.95. The summed E-state index contributed by atoms with van der Waals surface area (Å²) in [4.78, 5) is 22.7. The third-order valence-corrected chi connectivity index (χ3v) is 3.72. The van der Waals surface area contributed by atoms with Gasteiger partial charge in [-0.25, -0.2) is 4.79 Å². The van der Waals surface area contributed by atoms with Crippen LogP contribution in [0.1, 0.15) is 11.1 Å². The van der Waals surface area contributed by atoms with Crippen LogP contribution in [0, 0.1) is 0 Å². The molecular weight excluding hydrogens is 318 g/mol. The minimum atomic E-state index is -0.862. The van der Waals surface area contributed by atoms with Crippen LogP contribution in [0.2, 0.25) is 0 Å². The summed E-state index contributed by atoms with van der Waals surface area (Å²) in [6.07, 6.45) is -0.535. The Bertz CT molecular complexity index is 906. The zero-order chi connectivity index (χ0) is 17.6. The molecule has 0 heterocycles. The average Bonchev–Trinajstić information content (AvgIpc) is 2.60. The largest absolute Gasteiger partial charge is 0.481 e. The number of carboxylic acid groups (broad SMARTS) is 1. The maximum Gasteiger partial charge on any atom is 0.411 e. The number of rotatable bonds is 5. The standard InChI is InChI=1S/C20H17NO4/c22-19(23)11-15-6-7-17-12-18(9-8-16(17)10-15)21-20(24)25-13-14-4-2-1-3-5-14/h1-10,12H,11,13H2,(H,21,24)(H,22,23). The third-order valence-electron chi connectivity index (χ3n) is 3.72. The molecule has 0 aliphatic heterocycles. The molecule has 0 bridgehead atoms. The summed E-state index contributed by atoms with van der Waals surface area (Å²) in [6, 6.07) is 20.3. The number of carbonyl (C=O) groups excluding carboxylic acids is 1. The lowest BCUT2D eigenvalue weighted by molar-refractivity contribution is -0.136. The van der Waals surface area contributed by atoms with Crippen LogP contribution in [0.25, 0.3) is 10.8 Å². The molecule has 25 heavy (non-hydrogen) atoms. The van der Waals surface area contributed by atoms with Crippen LogP contribution in [0.15, 0.2) is 66.7 Å². The zero-order valence-corrected chi connectivity index (χ0v) is 13.4. The van der Waals surface area contributed by atoms with Gasteiger partial charge in [0.2, 0.25) is 0 Å². The molecule has 126 valence electrons. The predicted octanol–water partition coefficient (Wildman–Crippen LogP) is 4.22. The van der Waals surface area contributed by atoms with Crippen LogP contribution in [-0.4, -0.2) is 17.2 Å². The smallest absolute Gasteiger partial charge is 0.411 e. The van der Waals surface area contributed by atoms with Gasteiger partial charge < -0.3 is 9.84 Å². The quantitative estimate of drug-likeness (QED) is 0.732. The minimum absolute atomic E-state index is 0.0121. The van der Waals surface area contributed by atoms with Gasteiger partial charge in [0.15, 0.2) is 0 Å². The highest BCUT2D eigenvalue weighted by Gasteiger charge is 2.06. The molecule has 5 nitrogen and oxygen atoms in total. The van der Waals surface area contributed by atoms with Crippen molar-refractivity contribution in [2.45, 2.75) is 13.0 Å². The molecule has 0 radical (unpaired) electrons. The van der Waals surface area contributed by atoms with Crippen molar-refractivity contribution in [2.75, 3.05) is 5.32 Å². The lowest BCUT2D eigenvalue weighted by Gasteiger charge is -2.08. The second-order valence-electron chi connectivity index (χ2n) is 5.65. The molecule has 0 saturated carbocycles. The van der Waals surface area contributed by atoms with Gasteiger partial charge in [-0.1, -0.05) is 54.6 Å². The summed E-state index contributed by atoms with van der Waals surface area (Å²) >= 11 is 0. The molecule has 3 aromatic carbocycles. The summed E-state index contributed by atoms with van der Waals surface area (Å²) in [5, 5.41) is 13.4. The molecule has 0 aliphatic carbocycles. The minimum Gasteiger partial charge on any atom is -0.481 e. The van der Waals surface area contributed by atoms with Crippen molar-refractivity contribution in [2.24, 2.45) is 0 Å². The lowest BCUT2D eigenvalue weighted by Crippen LogP contribution is -2.13. The van der Waals surface area contributed by atoms with E-state index < -0.39 is 12.1 Å². The van der Waals surface area contributed by atoms with E-state index in [9.17, 15) is 9.59 Å². The molecule has 3 aromatic rings. The van der Waals surface area contributed by atoms with E-state index >= 15 is 0 Å². The fraction of sp³-hybridized carbons (Fsp3) is 0.100. The molecule has 0 aliphatic rings. The van der Waals surface area contributed by atoms with Crippen molar-refractivity contribution in [1.29, 1.82) is 0 Å². The number of benzene rings is 3. The molecule has 0 spiro atoms. The van der Waals surface area contributed by atoms with Gasteiger partial charge >= 0.3 is 12.1 Å². The first-order chi connectivity index (χ1) is 12.1. The first kappa shape index (κ1) is 16.5. The number of carboxylic acids is 1. The summed E-state index contributed by atoms with van der Waals surface area (Å²) < 4.78 is 5.19. The van der Waals surface area contributed by atoms with Crippen molar-refractivity contribution >= 4 is 28.5 Å². The van der Waals surface area contributed by atoms with Gasteiger partial charge in [-0.05, 0) is 34.0 Å². The van der Waals surface area contributed by atoms with Gasteiger partial charge in [-0.3, -0.25) is 10.1 Å². The Balaban J connectivity index is 1.65. The summed E-state index contributed by atoms with van der Waals surface area (Å²) in [7, 11) is 0. The number of nitrogens with one attached hydrogen (secondary N) is 1. The third kappa shape index (κ3) is 4.57. The van der Waals surface area contributed by atoms with E-state index in [4.69, 9.17) is 9.84 Å². The maximum atomic E-state index is 11.9. The SMILES string of the molecule is O=C(O)Cc1ccc2cc(NC(=O)OCc3ccccc3)ccc2c1. The first-order valence-electron chi connectivity index (χ1n) is 7.82. The lowest BCUT2D eigenvalue weighted by atomic mass is 10.0. The Hall–Kier alpha value is -3.34. The summed E-state index contributed by atoms with van der Waals surface area (Å²) in [5.74, 6) is -0.862. The number of amides is 1. The van der Waals surface area contributed by atoms with Gasteiger partial charge in [-0.2, -0.15) is 0 Å². The van der Waals surface area contributed by atoms with Crippen LogP contribution in [0.5, 0.6) is 0 Å². The van der Waals surface area contributed by atoms with Gasteiger partial charge in [-0.15, -0.1) is 0 Å². The van der Waals surface area contributed by atoms with Crippen molar-refractivity contribution in [3.05, 3.63) is 77.9 Å². The van der Waals surface area contributed by atoms with Gasteiger partial charge in [0.1, 0.15) is 6.61 Å². The number of fused-ring (bicyclic) bond motifs is 1. The fourth-order valence-electron chi connectivity index (χ4n) is 2.53. The fourth-order valence-corrected chi connectivity index (χ4v) is 2.53. The summed E-state index contributed by atoms with van der Waals surface area (Å²) in [6.45, 7) is 0.207. The number of anilines is 1. The Morgan fingerprint density at radius 3 is 2.36 bits per heavy atom. The Morgan fingerprint density at radius 2 is 1.60 bits per heavy atom. The molecule has 0 atom stereocenters. The highest BCUT2D eigenvalue weighted by molar-refractivity contribution is 5.91. The molecule has 0 aromatic heterocycles. The second kappa shape index (κ2) is 7.49. The number of hydrogen-bond donors (Lipinski definition) is 2. The van der Waals surface area contributed by atoms with E-state index in [1.54, 1.807) is 12.1 Å². The molecule has 2 N–H and O–H groups in total. The van der Waals surface area contributed by atoms with Crippen molar-refractivity contribution < 1.29 is 19.4 Å². The van der Waals surface area contributed by atoms with Crippen molar-refractivity contribution in [3.8, 4) is 0 Å². The van der Waals surface area contributed by atoms with Crippen LogP contribution in [0.3, 0.4) is 0 Å².